The Kier molecular flexibility index (Phi) is 7.70. The van der Waals surface area contributed by atoms with Crippen molar-refractivity contribution in [2.75, 3.05) is 11.4 Å². The fourth-order valence-corrected chi connectivity index (χ4v) is 3.89. The molecule has 0 aliphatic carbocycles. The number of carboxylic acid groups (broad SMARTS) is 1. The van der Waals surface area contributed by atoms with Crippen molar-refractivity contribution in [2.45, 2.75) is 44.4 Å². The van der Waals surface area contributed by atoms with Gasteiger partial charge in [-0.1, -0.05) is 30.3 Å². The van der Waals surface area contributed by atoms with Crippen molar-refractivity contribution in [3.05, 3.63) is 65.7 Å². The van der Waals surface area contributed by atoms with Crippen LogP contribution in [0.2, 0.25) is 0 Å². The van der Waals surface area contributed by atoms with Gasteiger partial charge in [-0.3, -0.25) is 14.4 Å². The van der Waals surface area contributed by atoms with Gasteiger partial charge in [0.2, 0.25) is 11.8 Å². The molecule has 0 spiro atoms. The third-order valence-electron chi connectivity index (χ3n) is 5.63. The van der Waals surface area contributed by atoms with Crippen LogP contribution in [0.25, 0.3) is 0 Å². The van der Waals surface area contributed by atoms with Gasteiger partial charge in [-0.2, -0.15) is 13.2 Å². The van der Waals surface area contributed by atoms with Gasteiger partial charge in [-0.05, 0) is 42.7 Å². The lowest BCUT2D eigenvalue weighted by atomic mass is 10.1. The summed E-state index contributed by atoms with van der Waals surface area (Å²) in [5.41, 5.74) is 0.193. The number of halogens is 3. The molecular formula is C24H23F3N2O5. The van der Waals surface area contributed by atoms with E-state index < -0.39 is 41.3 Å². The van der Waals surface area contributed by atoms with Crippen LogP contribution in [0.1, 0.15) is 36.8 Å². The zero-order chi connectivity index (χ0) is 24.9. The number of Topliss-reactive ketones (excluding diaryl/α,β-unsaturated/α-hetero) is 1. The Balaban J connectivity index is 1.71. The molecule has 1 heterocycles. The summed E-state index contributed by atoms with van der Waals surface area (Å²) in [7, 11) is 0. The Morgan fingerprint density at radius 1 is 0.971 bits per heavy atom. The monoisotopic (exact) mass is 476 g/mol. The van der Waals surface area contributed by atoms with Crippen LogP contribution in [0.15, 0.2) is 54.6 Å². The molecule has 2 aromatic carbocycles. The van der Waals surface area contributed by atoms with Crippen molar-refractivity contribution in [1.29, 1.82) is 0 Å². The number of para-hydroxylation sites is 1. The number of hydrogen-bond donors (Lipinski definition) is 1. The van der Waals surface area contributed by atoms with Crippen molar-refractivity contribution >= 4 is 29.3 Å². The lowest BCUT2D eigenvalue weighted by molar-refractivity contribution is -0.152. The second-order valence-electron chi connectivity index (χ2n) is 7.92. The fraction of sp³-hybridized carbons (Fsp3) is 0.333. The summed E-state index contributed by atoms with van der Waals surface area (Å²) in [6.07, 6.45) is -4.15. The van der Waals surface area contributed by atoms with E-state index in [1.54, 1.807) is 30.3 Å². The lowest BCUT2D eigenvalue weighted by Crippen LogP contribution is -2.43. The molecule has 0 saturated carbocycles. The number of amides is 2. The Morgan fingerprint density at radius 2 is 1.62 bits per heavy atom. The first kappa shape index (κ1) is 24.9. The van der Waals surface area contributed by atoms with Crippen LogP contribution in [0.4, 0.5) is 18.9 Å². The molecular weight excluding hydrogens is 453 g/mol. The zero-order valence-corrected chi connectivity index (χ0v) is 18.1. The van der Waals surface area contributed by atoms with E-state index in [0.717, 1.165) is 12.1 Å². The van der Waals surface area contributed by atoms with Gasteiger partial charge in [0.15, 0.2) is 0 Å². The number of likely N-dealkylation sites (tertiary alicyclic amines) is 1. The van der Waals surface area contributed by atoms with Crippen LogP contribution in [-0.4, -0.2) is 46.2 Å². The van der Waals surface area contributed by atoms with E-state index in [2.05, 4.69) is 0 Å². The van der Waals surface area contributed by atoms with Crippen molar-refractivity contribution in [1.82, 2.24) is 4.90 Å². The number of carboxylic acids is 1. The highest BCUT2D eigenvalue weighted by Crippen LogP contribution is 2.29. The van der Waals surface area contributed by atoms with E-state index >= 15 is 0 Å². The molecule has 3 rings (SSSR count). The topological polar surface area (TPSA) is 95.0 Å². The molecule has 1 aliphatic heterocycles. The number of hydrogen-bond acceptors (Lipinski definition) is 4. The molecule has 2 aromatic rings. The maximum atomic E-state index is 13.0. The first-order valence-electron chi connectivity index (χ1n) is 10.7. The van der Waals surface area contributed by atoms with Crippen molar-refractivity contribution < 1.29 is 37.5 Å². The average molecular weight is 476 g/mol. The Labute approximate surface area is 193 Å². The quantitative estimate of drug-likeness (QED) is 0.587. The summed E-state index contributed by atoms with van der Waals surface area (Å²) in [6.45, 7) is 0.240. The summed E-state index contributed by atoms with van der Waals surface area (Å²) < 4.78 is 38.5. The zero-order valence-electron chi connectivity index (χ0n) is 18.1. The van der Waals surface area contributed by atoms with Crippen LogP contribution < -0.4 is 4.90 Å². The number of rotatable bonds is 8. The molecule has 2 amide bonds. The summed E-state index contributed by atoms with van der Waals surface area (Å²) >= 11 is 0. The van der Waals surface area contributed by atoms with Gasteiger partial charge in [0.05, 0.1) is 12.1 Å². The molecule has 1 unspecified atom stereocenters. The second kappa shape index (κ2) is 10.5. The Bertz CT molecular complexity index is 1050. The number of aliphatic carboxylic acids is 1. The van der Waals surface area contributed by atoms with Crippen molar-refractivity contribution in [2.24, 2.45) is 0 Å². The molecule has 0 aromatic heterocycles. The first-order valence-corrected chi connectivity index (χ1v) is 10.7. The van der Waals surface area contributed by atoms with E-state index in [4.69, 9.17) is 5.11 Å². The summed E-state index contributed by atoms with van der Waals surface area (Å²) in [5.74, 6) is -3.58. The molecule has 1 aliphatic rings. The standard InChI is InChI=1S/C24H23F3N2O5/c25-24(26,27)17-10-8-16(9-11-17)15-29(18-5-2-1-3-6-18)21(31)13-12-20(30)28-14-4-7-19(28)22(32)23(33)34/h1-3,5-6,8-11,19H,4,7,12-15H2,(H,33,34). The van der Waals surface area contributed by atoms with Gasteiger partial charge in [0.1, 0.15) is 6.04 Å². The minimum atomic E-state index is -4.47. The number of anilines is 1. The summed E-state index contributed by atoms with van der Waals surface area (Å²) in [4.78, 5) is 51.1. The molecule has 1 saturated heterocycles. The number of nitrogens with zero attached hydrogens (tertiary/aromatic N) is 2. The highest BCUT2D eigenvalue weighted by atomic mass is 19.4. The van der Waals surface area contributed by atoms with Gasteiger partial charge in [-0.25, -0.2) is 4.79 Å². The number of carbonyl (C=O) groups excluding carboxylic acids is 3. The van der Waals surface area contributed by atoms with E-state index in [1.807, 2.05) is 0 Å². The predicted molar refractivity (Wildman–Crippen MR) is 116 cm³/mol. The molecule has 180 valence electrons. The van der Waals surface area contributed by atoms with E-state index in [0.29, 0.717) is 17.7 Å². The molecule has 0 radical (unpaired) electrons. The molecule has 34 heavy (non-hydrogen) atoms. The summed E-state index contributed by atoms with van der Waals surface area (Å²) in [5, 5.41) is 8.95. The smallest absolute Gasteiger partial charge is 0.416 e. The highest BCUT2D eigenvalue weighted by molar-refractivity contribution is 6.35. The number of carbonyl (C=O) groups is 4. The van der Waals surface area contributed by atoms with Crippen molar-refractivity contribution in [3.8, 4) is 0 Å². The van der Waals surface area contributed by atoms with Gasteiger partial charge < -0.3 is 14.9 Å². The number of benzene rings is 2. The summed E-state index contributed by atoms with van der Waals surface area (Å²) in [6, 6.07) is 12.0. The molecule has 1 atom stereocenters. The lowest BCUT2D eigenvalue weighted by Gasteiger charge is -2.25. The Morgan fingerprint density at radius 3 is 2.21 bits per heavy atom. The number of alkyl halides is 3. The molecule has 7 nitrogen and oxygen atoms in total. The van der Waals surface area contributed by atoms with Gasteiger partial charge in [-0.15, -0.1) is 0 Å². The predicted octanol–water partition coefficient (Wildman–Crippen LogP) is 3.66. The van der Waals surface area contributed by atoms with Crippen LogP contribution in [0.3, 0.4) is 0 Å². The fourth-order valence-electron chi connectivity index (χ4n) is 3.89. The minimum Gasteiger partial charge on any atom is -0.475 e. The molecule has 10 heteroatoms. The van der Waals surface area contributed by atoms with Gasteiger partial charge >= 0.3 is 12.1 Å². The minimum absolute atomic E-state index is 0.000978. The van der Waals surface area contributed by atoms with E-state index in [9.17, 15) is 32.3 Å². The Hall–Kier alpha value is -3.69. The van der Waals surface area contributed by atoms with Gasteiger partial charge in [0, 0.05) is 25.1 Å². The van der Waals surface area contributed by atoms with Crippen LogP contribution in [0, 0.1) is 0 Å². The maximum absolute atomic E-state index is 13.0. The van der Waals surface area contributed by atoms with Gasteiger partial charge in [0.25, 0.3) is 5.78 Å². The van der Waals surface area contributed by atoms with Crippen molar-refractivity contribution in [3.63, 3.8) is 0 Å². The second-order valence-corrected chi connectivity index (χ2v) is 7.92. The third-order valence-corrected chi connectivity index (χ3v) is 5.63. The largest absolute Gasteiger partial charge is 0.475 e. The maximum Gasteiger partial charge on any atom is 0.416 e. The van der Waals surface area contributed by atoms with Crippen LogP contribution in [0.5, 0.6) is 0 Å². The third kappa shape index (κ3) is 6.00. The normalized spacial score (nSPS) is 15.7. The average Bonchev–Trinajstić information content (AvgIpc) is 3.30. The highest BCUT2D eigenvalue weighted by Gasteiger charge is 2.37. The van der Waals surface area contributed by atoms with Crippen LogP contribution in [-0.2, 0) is 31.9 Å². The molecule has 1 N–H and O–H groups in total. The first-order chi connectivity index (χ1) is 16.1. The SMILES string of the molecule is O=C(O)C(=O)C1CCCN1C(=O)CCC(=O)N(Cc1ccc(C(F)(F)F)cc1)c1ccccc1. The molecule has 0 bridgehead atoms. The van der Waals surface area contributed by atoms with Crippen LogP contribution >= 0.6 is 0 Å². The number of ketones is 1. The molecule has 1 fully saturated rings. The van der Waals surface area contributed by atoms with E-state index in [1.165, 1.54) is 21.9 Å². The van der Waals surface area contributed by atoms with E-state index in [-0.39, 0.29) is 32.4 Å².